The zero-order chi connectivity index (χ0) is 22.2. The number of carbonyl (C=O) groups is 2. The van der Waals surface area contributed by atoms with Gasteiger partial charge < -0.3 is 20.9 Å². The summed E-state index contributed by atoms with van der Waals surface area (Å²) in [5, 5.41) is 8.15. The van der Waals surface area contributed by atoms with E-state index in [-0.39, 0.29) is 23.7 Å². The second kappa shape index (κ2) is 7.84. The number of nitrogens with zero attached hydrogens (tertiary/aromatic N) is 4. The van der Waals surface area contributed by atoms with Crippen LogP contribution in [0, 0.1) is 0 Å². The molecule has 0 saturated carbocycles. The Balaban J connectivity index is 1.27. The Hall–Kier alpha value is -4.14. The highest BCUT2D eigenvalue weighted by Gasteiger charge is 2.29. The Morgan fingerprint density at radius 3 is 2.81 bits per heavy atom. The fourth-order valence-corrected chi connectivity index (χ4v) is 4.07. The molecule has 4 heterocycles. The van der Waals surface area contributed by atoms with Crippen LogP contribution in [0.2, 0.25) is 0 Å². The van der Waals surface area contributed by atoms with Gasteiger partial charge in [-0.25, -0.2) is 4.98 Å². The van der Waals surface area contributed by atoms with E-state index in [1.807, 2.05) is 43.6 Å². The maximum absolute atomic E-state index is 12.9. The van der Waals surface area contributed by atoms with Crippen molar-refractivity contribution in [2.75, 3.05) is 18.8 Å². The largest absolute Gasteiger partial charge is 0.383 e. The number of hydrogen-bond acceptors (Lipinski definition) is 5. The Morgan fingerprint density at radius 1 is 1.19 bits per heavy atom. The molecule has 1 fully saturated rings. The molecule has 0 unspecified atom stereocenters. The lowest BCUT2D eigenvalue weighted by atomic mass is 10.1. The molecule has 0 aliphatic carbocycles. The van der Waals surface area contributed by atoms with Crippen LogP contribution in [0.5, 0.6) is 0 Å². The van der Waals surface area contributed by atoms with Crippen LogP contribution in [-0.2, 0) is 7.05 Å². The maximum atomic E-state index is 12.9. The number of aryl methyl sites for hydroxylation is 1. The third-order valence-electron chi connectivity index (χ3n) is 5.77. The molecule has 32 heavy (non-hydrogen) atoms. The van der Waals surface area contributed by atoms with E-state index in [1.165, 1.54) is 0 Å². The van der Waals surface area contributed by atoms with Gasteiger partial charge in [-0.05, 0) is 24.6 Å². The number of fused-ring (bicyclic) bond motifs is 1. The Kier molecular flexibility index (Phi) is 4.85. The molecule has 3 aromatic heterocycles. The smallest absolute Gasteiger partial charge is 0.270 e. The second-order valence-electron chi connectivity index (χ2n) is 8.04. The van der Waals surface area contributed by atoms with E-state index in [9.17, 15) is 9.59 Å². The molecule has 2 amide bonds. The normalized spacial score (nSPS) is 15.9. The Bertz CT molecular complexity index is 1290. The Labute approximate surface area is 184 Å². The molecule has 5 rings (SSSR count). The average molecular weight is 429 g/mol. The van der Waals surface area contributed by atoms with Crippen LogP contribution in [0.15, 0.2) is 55.0 Å². The van der Waals surface area contributed by atoms with Crippen molar-refractivity contribution >= 4 is 28.5 Å². The number of hydrogen-bond donors (Lipinski definition) is 3. The zero-order valence-electron chi connectivity index (χ0n) is 17.6. The molecule has 9 heteroatoms. The molecule has 0 radical (unpaired) electrons. The second-order valence-corrected chi connectivity index (χ2v) is 8.04. The third-order valence-corrected chi connectivity index (χ3v) is 5.77. The van der Waals surface area contributed by atoms with Gasteiger partial charge in [0.05, 0.1) is 11.8 Å². The molecule has 4 N–H and O–H groups in total. The molecule has 1 saturated heterocycles. The van der Waals surface area contributed by atoms with Crippen LogP contribution in [0.4, 0.5) is 5.82 Å². The number of nitrogens with one attached hydrogen (secondary N) is 2. The Morgan fingerprint density at radius 2 is 2.03 bits per heavy atom. The number of benzene rings is 1. The van der Waals surface area contributed by atoms with Gasteiger partial charge in [-0.15, -0.1) is 0 Å². The van der Waals surface area contributed by atoms with Crippen molar-refractivity contribution < 1.29 is 9.59 Å². The third kappa shape index (κ3) is 3.68. The van der Waals surface area contributed by atoms with Gasteiger partial charge in [0.25, 0.3) is 11.8 Å². The van der Waals surface area contributed by atoms with E-state index in [4.69, 9.17) is 5.73 Å². The number of amides is 2. The van der Waals surface area contributed by atoms with Crippen LogP contribution in [0.3, 0.4) is 0 Å². The summed E-state index contributed by atoms with van der Waals surface area (Å²) in [5.74, 6) is -0.206. The summed E-state index contributed by atoms with van der Waals surface area (Å²) in [6.45, 7) is 1.01. The van der Waals surface area contributed by atoms with Gasteiger partial charge in [0.2, 0.25) is 0 Å². The number of carbonyl (C=O) groups excluding carboxylic acids is 2. The number of aromatic amines is 1. The molecule has 162 valence electrons. The number of rotatable bonds is 4. The molecule has 4 aromatic rings. The summed E-state index contributed by atoms with van der Waals surface area (Å²) >= 11 is 0. The summed E-state index contributed by atoms with van der Waals surface area (Å²) in [5.41, 5.74) is 9.38. The number of nitrogen functional groups attached to an aromatic ring is 1. The molecule has 0 bridgehead atoms. The van der Waals surface area contributed by atoms with E-state index in [0.717, 1.165) is 22.0 Å². The molecule has 1 aliphatic heterocycles. The molecule has 9 nitrogen and oxygen atoms in total. The van der Waals surface area contributed by atoms with Gasteiger partial charge in [0.1, 0.15) is 11.5 Å². The fourth-order valence-electron chi connectivity index (χ4n) is 4.07. The van der Waals surface area contributed by atoms with Crippen LogP contribution < -0.4 is 11.1 Å². The predicted octanol–water partition coefficient (Wildman–Crippen LogP) is 2.19. The molecular formula is C23H23N7O2. The van der Waals surface area contributed by atoms with E-state index >= 15 is 0 Å². The fraction of sp³-hybridized carbons (Fsp3) is 0.217. The van der Waals surface area contributed by atoms with Gasteiger partial charge in [-0.1, -0.05) is 18.2 Å². The van der Waals surface area contributed by atoms with E-state index in [1.54, 1.807) is 28.0 Å². The van der Waals surface area contributed by atoms with Crippen molar-refractivity contribution in [1.82, 2.24) is 30.0 Å². The molecule has 0 spiro atoms. The summed E-state index contributed by atoms with van der Waals surface area (Å²) in [4.78, 5) is 34.9. The summed E-state index contributed by atoms with van der Waals surface area (Å²) in [6.07, 6.45) is 5.85. The standard InChI is InChI=1S/C23H23N7O2/c1-29-12-16(11-26-29)15-8-18(21(24)25-10-15)22(31)27-17-6-7-30(13-17)23(32)20-9-14-4-2-3-5-19(14)28-20/h2-5,8-12,17,28H,6-7,13H2,1H3,(H2,24,25)(H,27,31)/t17-/m1/s1. The van der Waals surface area contributed by atoms with Gasteiger partial charge in [-0.3, -0.25) is 14.3 Å². The number of para-hydroxylation sites is 1. The SMILES string of the molecule is Cn1cc(-c2cnc(N)c(C(=O)N[C@@H]3CCN(C(=O)c4cc5ccccc5[nH]4)C3)c2)cn1. The van der Waals surface area contributed by atoms with E-state index in [2.05, 4.69) is 20.4 Å². The van der Waals surface area contributed by atoms with Crippen molar-refractivity contribution in [3.63, 3.8) is 0 Å². The van der Waals surface area contributed by atoms with Crippen LogP contribution in [0.25, 0.3) is 22.0 Å². The maximum Gasteiger partial charge on any atom is 0.270 e. The highest BCUT2D eigenvalue weighted by molar-refractivity contribution is 6.00. The minimum absolute atomic E-state index is 0.0716. The topological polar surface area (TPSA) is 122 Å². The number of nitrogens with two attached hydrogens (primary N) is 1. The first-order valence-corrected chi connectivity index (χ1v) is 10.4. The minimum Gasteiger partial charge on any atom is -0.383 e. The van der Waals surface area contributed by atoms with Gasteiger partial charge in [-0.2, -0.15) is 5.10 Å². The van der Waals surface area contributed by atoms with Crippen molar-refractivity contribution in [2.45, 2.75) is 12.5 Å². The number of aromatic nitrogens is 4. The van der Waals surface area contributed by atoms with E-state index < -0.39 is 0 Å². The molecule has 1 aliphatic rings. The molecule has 1 atom stereocenters. The first-order valence-electron chi connectivity index (χ1n) is 10.4. The lowest BCUT2D eigenvalue weighted by Gasteiger charge is -2.17. The van der Waals surface area contributed by atoms with E-state index in [0.29, 0.717) is 30.8 Å². The zero-order valence-corrected chi connectivity index (χ0v) is 17.6. The highest BCUT2D eigenvalue weighted by atomic mass is 16.2. The van der Waals surface area contributed by atoms with Crippen molar-refractivity contribution in [3.8, 4) is 11.1 Å². The number of pyridine rings is 1. The van der Waals surface area contributed by atoms with Crippen LogP contribution in [0.1, 0.15) is 27.3 Å². The van der Waals surface area contributed by atoms with Crippen molar-refractivity contribution in [3.05, 3.63) is 66.2 Å². The van der Waals surface area contributed by atoms with Crippen LogP contribution in [-0.4, -0.2) is 55.6 Å². The summed E-state index contributed by atoms with van der Waals surface area (Å²) < 4.78 is 1.68. The first-order chi connectivity index (χ1) is 15.5. The van der Waals surface area contributed by atoms with Crippen molar-refractivity contribution in [2.24, 2.45) is 7.05 Å². The monoisotopic (exact) mass is 429 g/mol. The number of anilines is 1. The summed E-state index contributed by atoms with van der Waals surface area (Å²) in [6, 6.07) is 11.2. The van der Waals surface area contributed by atoms with Gasteiger partial charge in [0.15, 0.2) is 0 Å². The van der Waals surface area contributed by atoms with Crippen LogP contribution >= 0.6 is 0 Å². The number of likely N-dealkylation sites (tertiary alicyclic amines) is 1. The lowest BCUT2D eigenvalue weighted by Crippen LogP contribution is -2.38. The van der Waals surface area contributed by atoms with Crippen molar-refractivity contribution in [1.29, 1.82) is 0 Å². The summed E-state index contributed by atoms with van der Waals surface area (Å²) in [7, 11) is 1.82. The average Bonchev–Trinajstić information content (AvgIpc) is 3.53. The first kappa shape index (κ1) is 19.8. The minimum atomic E-state index is -0.300. The van der Waals surface area contributed by atoms with Gasteiger partial charge in [0, 0.05) is 60.6 Å². The predicted molar refractivity (Wildman–Crippen MR) is 121 cm³/mol. The molecular weight excluding hydrogens is 406 g/mol. The van der Waals surface area contributed by atoms with Gasteiger partial charge >= 0.3 is 0 Å². The lowest BCUT2D eigenvalue weighted by molar-refractivity contribution is 0.0778. The number of H-pyrrole nitrogens is 1. The molecule has 1 aromatic carbocycles. The highest BCUT2D eigenvalue weighted by Crippen LogP contribution is 2.22. The quantitative estimate of drug-likeness (QED) is 0.459.